The Morgan fingerprint density at radius 3 is 2.47 bits per heavy atom. The van der Waals surface area contributed by atoms with Crippen molar-refractivity contribution in [3.63, 3.8) is 0 Å². The smallest absolute Gasteiger partial charge is 0.137 e. The van der Waals surface area contributed by atoms with Gasteiger partial charge in [-0.2, -0.15) is 0 Å². The highest BCUT2D eigenvalue weighted by Crippen LogP contribution is 2.21. The number of Topliss-reactive ketones (excluding diaryl/α,β-unsaturated/α-hetero) is 1. The zero-order valence-electron chi connectivity index (χ0n) is 10.9. The van der Waals surface area contributed by atoms with Crippen LogP contribution in [0, 0.1) is 5.92 Å². The molecule has 2 heteroatoms. The van der Waals surface area contributed by atoms with Crippen LogP contribution in [-0.2, 0) is 4.79 Å². The van der Waals surface area contributed by atoms with Gasteiger partial charge in [0.15, 0.2) is 0 Å². The molecule has 2 N–H and O–H groups in total. The molecule has 17 heavy (non-hydrogen) atoms. The molecule has 0 amide bonds. The summed E-state index contributed by atoms with van der Waals surface area (Å²) in [4.78, 5) is 12.0. The summed E-state index contributed by atoms with van der Waals surface area (Å²) in [5.41, 5.74) is 7.17. The second-order valence-corrected chi connectivity index (χ2v) is 4.65. The zero-order valence-corrected chi connectivity index (χ0v) is 10.9. The van der Waals surface area contributed by atoms with E-state index in [-0.39, 0.29) is 17.7 Å². The zero-order chi connectivity index (χ0) is 12.7. The van der Waals surface area contributed by atoms with Crippen molar-refractivity contribution >= 4 is 5.78 Å². The van der Waals surface area contributed by atoms with Crippen molar-refractivity contribution in [2.45, 2.75) is 45.6 Å². The van der Waals surface area contributed by atoms with Crippen LogP contribution in [0.3, 0.4) is 0 Å². The third kappa shape index (κ3) is 4.31. The van der Waals surface area contributed by atoms with Crippen LogP contribution in [0.4, 0.5) is 0 Å². The molecule has 2 atom stereocenters. The molecule has 1 aromatic rings. The first-order valence-electron chi connectivity index (χ1n) is 6.50. The van der Waals surface area contributed by atoms with Crippen molar-refractivity contribution in [1.29, 1.82) is 0 Å². The number of benzene rings is 1. The van der Waals surface area contributed by atoms with E-state index in [9.17, 15) is 4.79 Å². The van der Waals surface area contributed by atoms with E-state index in [0.717, 1.165) is 24.8 Å². The van der Waals surface area contributed by atoms with E-state index < -0.39 is 0 Å². The minimum Gasteiger partial charge on any atom is -0.323 e. The van der Waals surface area contributed by atoms with E-state index in [2.05, 4.69) is 6.92 Å². The summed E-state index contributed by atoms with van der Waals surface area (Å²) in [6.07, 6.45) is 3.92. The third-order valence-corrected chi connectivity index (χ3v) is 3.26. The normalized spacial score (nSPS) is 14.3. The fourth-order valence-corrected chi connectivity index (χ4v) is 1.94. The predicted molar refractivity (Wildman–Crippen MR) is 71.7 cm³/mol. The molecule has 0 spiro atoms. The lowest BCUT2D eigenvalue weighted by Gasteiger charge is -2.19. The fourth-order valence-electron chi connectivity index (χ4n) is 1.94. The van der Waals surface area contributed by atoms with E-state index in [4.69, 9.17) is 5.73 Å². The lowest BCUT2D eigenvalue weighted by molar-refractivity contribution is -0.123. The Hall–Kier alpha value is -1.15. The van der Waals surface area contributed by atoms with Gasteiger partial charge < -0.3 is 5.73 Å². The summed E-state index contributed by atoms with van der Waals surface area (Å²) in [7, 11) is 0. The highest BCUT2D eigenvalue weighted by Gasteiger charge is 2.21. The maximum atomic E-state index is 12.0. The molecule has 0 fully saturated rings. The van der Waals surface area contributed by atoms with E-state index >= 15 is 0 Å². The molecule has 0 saturated heterocycles. The van der Waals surface area contributed by atoms with Crippen LogP contribution in [0.25, 0.3) is 0 Å². The molecule has 0 unspecified atom stereocenters. The number of ketones is 1. The average molecular weight is 233 g/mol. The van der Waals surface area contributed by atoms with Crippen molar-refractivity contribution in [1.82, 2.24) is 0 Å². The molecule has 0 aliphatic carbocycles. The first-order chi connectivity index (χ1) is 8.16. The van der Waals surface area contributed by atoms with Crippen LogP contribution in [0.15, 0.2) is 30.3 Å². The fraction of sp³-hybridized carbons (Fsp3) is 0.533. The SMILES string of the molecule is CCCCCC(=O)[C@@H](C)[C@@H](N)c1ccccc1. The Balaban J connectivity index is 2.51. The van der Waals surface area contributed by atoms with E-state index in [1.165, 1.54) is 0 Å². The number of unbranched alkanes of at least 4 members (excludes halogenated alkanes) is 2. The first kappa shape index (κ1) is 13.9. The van der Waals surface area contributed by atoms with Gasteiger partial charge in [-0.1, -0.05) is 57.0 Å². The molecule has 2 nitrogen and oxygen atoms in total. The number of carbonyl (C=O) groups excluding carboxylic acids is 1. The Morgan fingerprint density at radius 1 is 1.24 bits per heavy atom. The molecule has 0 heterocycles. The Labute approximate surface area is 104 Å². The second-order valence-electron chi connectivity index (χ2n) is 4.65. The molecule has 0 radical (unpaired) electrons. The number of hydrogen-bond donors (Lipinski definition) is 1. The lowest BCUT2D eigenvalue weighted by atomic mass is 9.90. The largest absolute Gasteiger partial charge is 0.323 e. The van der Waals surface area contributed by atoms with Crippen LogP contribution < -0.4 is 5.73 Å². The Morgan fingerprint density at radius 2 is 1.88 bits per heavy atom. The standard InChI is InChI=1S/C15H23NO/c1-3-4-6-11-14(17)12(2)15(16)13-9-7-5-8-10-13/h5,7-10,12,15H,3-4,6,11,16H2,1-2H3/t12-,15-/m1/s1. The van der Waals surface area contributed by atoms with Crippen LogP contribution >= 0.6 is 0 Å². The van der Waals surface area contributed by atoms with E-state index in [1.54, 1.807) is 0 Å². The lowest BCUT2D eigenvalue weighted by Crippen LogP contribution is -2.25. The van der Waals surface area contributed by atoms with Crippen molar-refractivity contribution in [2.75, 3.05) is 0 Å². The van der Waals surface area contributed by atoms with Gasteiger partial charge in [0.1, 0.15) is 5.78 Å². The van der Waals surface area contributed by atoms with Gasteiger partial charge in [-0.3, -0.25) is 4.79 Å². The monoisotopic (exact) mass is 233 g/mol. The summed E-state index contributed by atoms with van der Waals surface area (Å²) in [6, 6.07) is 9.68. The molecule has 1 aromatic carbocycles. The van der Waals surface area contributed by atoms with E-state index in [0.29, 0.717) is 6.42 Å². The number of nitrogens with two attached hydrogens (primary N) is 1. The van der Waals surface area contributed by atoms with Crippen molar-refractivity contribution in [2.24, 2.45) is 11.7 Å². The van der Waals surface area contributed by atoms with Gasteiger partial charge in [-0.05, 0) is 12.0 Å². The third-order valence-electron chi connectivity index (χ3n) is 3.26. The molecule has 0 aliphatic heterocycles. The molecule has 0 aliphatic rings. The topological polar surface area (TPSA) is 43.1 Å². The first-order valence-corrected chi connectivity index (χ1v) is 6.50. The summed E-state index contributed by atoms with van der Waals surface area (Å²) in [5, 5.41) is 0. The number of rotatable bonds is 7. The second kappa shape index (κ2) is 7.23. The van der Waals surface area contributed by atoms with Gasteiger partial charge in [-0.15, -0.1) is 0 Å². The molecule has 0 bridgehead atoms. The Bertz CT molecular complexity index is 334. The average Bonchev–Trinajstić information content (AvgIpc) is 2.38. The van der Waals surface area contributed by atoms with Crippen molar-refractivity contribution in [3.8, 4) is 0 Å². The summed E-state index contributed by atoms with van der Waals surface area (Å²) >= 11 is 0. The van der Waals surface area contributed by atoms with Crippen LogP contribution in [0.1, 0.15) is 51.1 Å². The quantitative estimate of drug-likeness (QED) is 0.733. The highest BCUT2D eigenvalue weighted by atomic mass is 16.1. The van der Waals surface area contributed by atoms with Crippen LogP contribution in [0.5, 0.6) is 0 Å². The van der Waals surface area contributed by atoms with Crippen molar-refractivity contribution in [3.05, 3.63) is 35.9 Å². The Kier molecular flexibility index (Phi) is 5.92. The number of hydrogen-bond acceptors (Lipinski definition) is 2. The van der Waals surface area contributed by atoms with Crippen LogP contribution in [-0.4, -0.2) is 5.78 Å². The maximum absolute atomic E-state index is 12.0. The molecule has 1 rings (SSSR count). The summed E-state index contributed by atoms with van der Waals surface area (Å²) in [5.74, 6) is 0.198. The summed E-state index contributed by atoms with van der Waals surface area (Å²) < 4.78 is 0. The van der Waals surface area contributed by atoms with Gasteiger partial charge in [0.2, 0.25) is 0 Å². The van der Waals surface area contributed by atoms with Gasteiger partial charge in [0.25, 0.3) is 0 Å². The summed E-state index contributed by atoms with van der Waals surface area (Å²) in [6.45, 7) is 4.08. The van der Waals surface area contributed by atoms with Gasteiger partial charge in [0, 0.05) is 18.4 Å². The minimum absolute atomic E-state index is 0.0887. The van der Waals surface area contributed by atoms with Gasteiger partial charge >= 0.3 is 0 Å². The molecule has 94 valence electrons. The minimum atomic E-state index is -0.176. The van der Waals surface area contributed by atoms with Gasteiger partial charge in [-0.25, -0.2) is 0 Å². The van der Waals surface area contributed by atoms with Crippen LogP contribution in [0.2, 0.25) is 0 Å². The molecular formula is C15H23NO. The molecule has 0 aromatic heterocycles. The number of carbonyl (C=O) groups is 1. The predicted octanol–water partition coefficient (Wildman–Crippen LogP) is 3.47. The van der Waals surface area contributed by atoms with Gasteiger partial charge in [0.05, 0.1) is 0 Å². The van der Waals surface area contributed by atoms with E-state index in [1.807, 2.05) is 37.3 Å². The van der Waals surface area contributed by atoms with Crippen molar-refractivity contribution < 1.29 is 4.79 Å². The molecular weight excluding hydrogens is 210 g/mol. The maximum Gasteiger partial charge on any atom is 0.137 e. The highest BCUT2D eigenvalue weighted by molar-refractivity contribution is 5.81. The molecule has 0 saturated carbocycles.